The molecule has 0 bridgehead atoms. The molecule has 0 aliphatic rings. The van der Waals surface area contributed by atoms with Crippen LogP contribution in [0.3, 0.4) is 0 Å². The van der Waals surface area contributed by atoms with E-state index in [0.29, 0.717) is 22.7 Å². The summed E-state index contributed by atoms with van der Waals surface area (Å²) < 4.78 is 5.85. The number of amides is 1. The lowest BCUT2D eigenvalue weighted by atomic mass is 10.1. The Morgan fingerprint density at radius 3 is 2.72 bits per heavy atom. The van der Waals surface area contributed by atoms with Gasteiger partial charge in [0.1, 0.15) is 10.5 Å². The molecular weight excluding hydrogens is 430 g/mol. The summed E-state index contributed by atoms with van der Waals surface area (Å²) in [6, 6.07) is 15.7. The lowest BCUT2D eigenvalue weighted by molar-refractivity contribution is -0.384. The smallest absolute Gasteiger partial charge is 0.288 e. The Morgan fingerprint density at radius 2 is 1.94 bits per heavy atom. The van der Waals surface area contributed by atoms with E-state index in [0.717, 1.165) is 22.2 Å². The summed E-state index contributed by atoms with van der Waals surface area (Å²) in [4.78, 5) is 27.4. The number of halogens is 1. The number of carbonyl (C=O) groups excluding carboxylic acids is 1. The van der Waals surface area contributed by atoms with Gasteiger partial charge >= 0.3 is 0 Å². The molecule has 1 amide bonds. The van der Waals surface area contributed by atoms with Crippen LogP contribution < -0.4 is 5.32 Å². The minimum Gasteiger partial charge on any atom is -0.436 e. The number of nitrogens with one attached hydrogen (secondary N) is 1. The number of nitrogens with zero attached hydrogens (tertiary/aromatic N) is 2. The molecule has 0 unspecified atom stereocenters. The highest BCUT2D eigenvalue weighted by Crippen LogP contribution is 2.29. The Hall–Kier alpha value is -3.97. The molecule has 0 radical (unpaired) electrons. The summed E-state index contributed by atoms with van der Waals surface area (Å²) in [5.74, 6) is 0.0844. The van der Waals surface area contributed by atoms with Gasteiger partial charge in [-0.2, -0.15) is 0 Å². The number of nitro groups is 1. The van der Waals surface area contributed by atoms with E-state index in [1.807, 2.05) is 44.2 Å². The van der Waals surface area contributed by atoms with Crippen molar-refractivity contribution < 1.29 is 14.1 Å². The molecule has 0 fully saturated rings. The largest absolute Gasteiger partial charge is 0.436 e. The maximum atomic E-state index is 12.5. The predicted octanol–water partition coefficient (Wildman–Crippen LogP) is 6.33. The van der Waals surface area contributed by atoms with Crippen LogP contribution in [0.4, 0.5) is 11.4 Å². The van der Waals surface area contributed by atoms with Gasteiger partial charge in [-0.1, -0.05) is 29.8 Å². The quantitative estimate of drug-likeness (QED) is 0.219. The molecular formula is C24H18ClN3O4. The van der Waals surface area contributed by atoms with Crippen LogP contribution in [0.2, 0.25) is 5.02 Å². The van der Waals surface area contributed by atoms with Crippen molar-refractivity contribution in [3.8, 4) is 11.5 Å². The second-order valence-corrected chi connectivity index (χ2v) is 7.72. The molecule has 8 heteroatoms. The second-order valence-electron chi connectivity index (χ2n) is 7.31. The van der Waals surface area contributed by atoms with Crippen LogP contribution in [0.5, 0.6) is 0 Å². The first kappa shape index (κ1) is 21.3. The summed E-state index contributed by atoms with van der Waals surface area (Å²) >= 11 is 5.82. The topological polar surface area (TPSA) is 98.3 Å². The first-order chi connectivity index (χ1) is 15.3. The number of aromatic nitrogens is 1. The molecule has 4 aromatic rings. The van der Waals surface area contributed by atoms with Gasteiger partial charge in [0.05, 0.1) is 4.92 Å². The van der Waals surface area contributed by atoms with Gasteiger partial charge in [-0.3, -0.25) is 14.9 Å². The van der Waals surface area contributed by atoms with E-state index >= 15 is 0 Å². The Morgan fingerprint density at radius 1 is 1.12 bits per heavy atom. The van der Waals surface area contributed by atoms with Crippen LogP contribution in [0.15, 0.2) is 65.1 Å². The van der Waals surface area contributed by atoms with Crippen molar-refractivity contribution in [2.24, 2.45) is 0 Å². The average Bonchev–Trinajstić information content (AvgIpc) is 3.17. The Kier molecular flexibility index (Phi) is 5.75. The fourth-order valence-corrected chi connectivity index (χ4v) is 3.36. The Balaban J connectivity index is 1.55. The number of oxazole rings is 1. The van der Waals surface area contributed by atoms with E-state index in [2.05, 4.69) is 10.3 Å². The minimum atomic E-state index is -0.567. The van der Waals surface area contributed by atoms with Gasteiger partial charge in [0.15, 0.2) is 5.58 Å². The maximum absolute atomic E-state index is 12.5. The van der Waals surface area contributed by atoms with Crippen LogP contribution >= 0.6 is 11.6 Å². The van der Waals surface area contributed by atoms with E-state index in [1.165, 1.54) is 24.3 Å². The Labute approximate surface area is 188 Å². The third-order valence-electron chi connectivity index (χ3n) is 4.88. The summed E-state index contributed by atoms with van der Waals surface area (Å²) in [6.07, 6.45) is 2.79. The fourth-order valence-electron chi connectivity index (χ4n) is 3.17. The number of benzene rings is 3. The van der Waals surface area contributed by atoms with Crippen LogP contribution in [0, 0.1) is 24.0 Å². The van der Waals surface area contributed by atoms with Crippen molar-refractivity contribution >= 4 is 46.1 Å². The first-order valence-electron chi connectivity index (χ1n) is 9.71. The van der Waals surface area contributed by atoms with Crippen LogP contribution in [0.1, 0.15) is 16.7 Å². The normalized spacial score (nSPS) is 11.2. The van der Waals surface area contributed by atoms with Gasteiger partial charge in [-0.05, 0) is 66.9 Å². The zero-order chi connectivity index (χ0) is 22.8. The third kappa shape index (κ3) is 4.53. The van der Waals surface area contributed by atoms with Crippen LogP contribution in [0.25, 0.3) is 28.6 Å². The third-order valence-corrected chi connectivity index (χ3v) is 5.20. The van der Waals surface area contributed by atoms with Crippen LogP contribution in [-0.2, 0) is 4.79 Å². The van der Waals surface area contributed by atoms with Gasteiger partial charge < -0.3 is 9.73 Å². The van der Waals surface area contributed by atoms with E-state index in [-0.39, 0.29) is 16.6 Å². The molecule has 32 heavy (non-hydrogen) atoms. The lowest BCUT2D eigenvalue weighted by Gasteiger charge is -2.08. The highest BCUT2D eigenvalue weighted by molar-refractivity contribution is 6.32. The molecule has 0 spiro atoms. The minimum absolute atomic E-state index is 0.0402. The molecule has 1 aromatic heterocycles. The highest BCUT2D eigenvalue weighted by Gasteiger charge is 2.13. The molecule has 0 atom stereocenters. The van der Waals surface area contributed by atoms with Crippen LogP contribution in [-0.4, -0.2) is 15.8 Å². The summed E-state index contributed by atoms with van der Waals surface area (Å²) in [5.41, 5.74) is 5.03. The molecule has 160 valence electrons. The van der Waals surface area contributed by atoms with Crippen molar-refractivity contribution in [1.82, 2.24) is 4.98 Å². The average molecular weight is 448 g/mol. The van der Waals surface area contributed by atoms with E-state index < -0.39 is 4.92 Å². The van der Waals surface area contributed by atoms with E-state index in [9.17, 15) is 14.9 Å². The number of aryl methyl sites for hydroxylation is 2. The molecule has 0 saturated carbocycles. The number of fused-ring (bicyclic) bond motifs is 1. The molecule has 4 rings (SSSR count). The summed E-state index contributed by atoms with van der Waals surface area (Å²) in [5, 5.41) is 13.9. The first-order valence-corrected chi connectivity index (χ1v) is 10.1. The Bertz CT molecular complexity index is 1390. The van der Waals surface area contributed by atoms with Gasteiger partial charge in [-0.15, -0.1) is 0 Å². The SMILES string of the molecule is Cc1ccc2oc(-c3ccc(C)c(NC(=O)/C=C/c4ccc(Cl)c([N+](=O)[O-])c4)c3)nc2c1. The second kappa shape index (κ2) is 8.64. The number of hydrogen-bond donors (Lipinski definition) is 1. The molecule has 0 saturated heterocycles. The number of rotatable bonds is 5. The monoisotopic (exact) mass is 447 g/mol. The number of carbonyl (C=O) groups is 1. The van der Waals surface area contributed by atoms with Gasteiger partial charge in [-0.25, -0.2) is 4.98 Å². The van der Waals surface area contributed by atoms with Gasteiger partial charge in [0.25, 0.3) is 5.69 Å². The van der Waals surface area contributed by atoms with E-state index in [1.54, 1.807) is 12.1 Å². The van der Waals surface area contributed by atoms with Crippen molar-refractivity contribution in [2.75, 3.05) is 5.32 Å². The lowest BCUT2D eigenvalue weighted by Crippen LogP contribution is -2.09. The number of anilines is 1. The fraction of sp³-hybridized carbons (Fsp3) is 0.0833. The van der Waals surface area contributed by atoms with E-state index in [4.69, 9.17) is 16.0 Å². The zero-order valence-electron chi connectivity index (χ0n) is 17.3. The molecule has 3 aromatic carbocycles. The maximum Gasteiger partial charge on any atom is 0.288 e. The van der Waals surface area contributed by atoms with Crippen molar-refractivity contribution in [2.45, 2.75) is 13.8 Å². The van der Waals surface area contributed by atoms with Gasteiger partial charge in [0.2, 0.25) is 11.8 Å². The summed E-state index contributed by atoms with van der Waals surface area (Å²) in [7, 11) is 0. The molecule has 0 aliphatic carbocycles. The van der Waals surface area contributed by atoms with Crippen molar-refractivity contribution in [3.05, 3.63) is 92.5 Å². The summed E-state index contributed by atoms with van der Waals surface area (Å²) in [6.45, 7) is 3.87. The van der Waals surface area contributed by atoms with Gasteiger partial charge in [0, 0.05) is 23.4 Å². The molecule has 7 nitrogen and oxygen atoms in total. The number of nitro benzene ring substituents is 1. The molecule has 0 aliphatic heterocycles. The standard InChI is InChI=1S/C24H18ClN3O4/c1-14-3-9-22-20(11-14)27-24(32-22)17-7-4-15(2)19(13-17)26-23(29)10-6-16-5-8-18(25)21(12-16)28(30)31/h3-13H,1-2H3,(H,26,29)/b10-6+. The highest BCUT2D eigenvalue weighted by atomic mass is 35.5. The number of hydrogen-bond acceptors (Lipinski definition) is 5. The van der Waals surface area contributed by atoms with Crippen molar-refractivity contribution in [3.63, 3.8) is 0 Å². The van der Waals surface area contributed by atoms with Crippen molar-refractivity contribution in [1.29, 1.82) is 0 Å². The molecule has 1 N–H and O–H groups in total. The molecule has 1 heterocycles. The predicted molar refractivity (Wildman–Crippen MR) is 125 cm³/mol. The zero-order valence-corrected chi connectivity index (χ0v) is 18.0.